The molecule has 138 valence electrons. The maximum absolute atomic E-state index is 12.5. The van der Waals surface area contributed by atoms with E-state index in [1.807, 2.05) is 37.3 Å². The van der Waals surface area contributed by atoms with Gasteiger partial charge in [-0.25, -0.2) is 0 Å². The fraction of sp³-hybridized carbons (Fsp3) is 0.381. The maximum Gasteiger partial charge on any atom is 0.279 e. The fourth-order valence-corrected chi connectivity index (χ4v) is 3.82. The molecule has 2 aromatic carbocycles. The highest BCUT2D eigenvalue weighted by molar-refractivity contribution is 6.33. The van der Waals surface area contributed by atoms with E-state index < -0.39 is 0 Å². The molecular formula is C21H27ClN3O+. The van der Waals surface area contributed by atoms with Gasteiger partial charge in [0, 0.05) is 5.69 Å². The van der Waals surface area contributed by atoms with Gasteiger partial charge < -0.3 is 15.1 Å². The number of nitrogens with one attached hydrogen (secondary N) is 2. The van der Waals surface area contributed by atoms with Crippen LogP contribution in [0.2, 0.25) is 5.02 Å². The van der Waals surface area contributed by atoms with Crippen LogP contribution in [0.4, 0.5) is 11.4 Å². The van der Waals surface area contributed by atoms with E-state index in [2.05, 4.69) is 29.3 Å². The molecule has 4 nitrogen and oxygen atoms in total. The lowest BCUT2D eigenvalue weighted by Crippen LogP contribution is -3.15. The van der Waals surface area contributed by atoms with Crippen LogP contribution in [0.15, 0.2) is 42.5 Å². The van der Waals surface area contributed by atoms with Gasteiger partial charge in [0.2, 0.25) is 0 Å². The second-order valence-electron chi connectivity index (χ2n) is 6.88. The van der Waals surface area contributed by atoms with Crippen molar-refractivity contribution in [3.8, 4) is 0 Å². The number of hydrogen-bond acceptors (Lipinski definition) is 2. The molecule has 0 bridgehead atoms. The largest absolute Gasteiger partial charge is 0.359 e. The monoisotopic (exact) mass is 372 g/mol. The second kappa shape index (κ2) is 8.56. The molecule has 3 rings (SSSR count). The molecule has 0 aliphatic carbocycles. The number of rotatable bonds is 5. The van der Waals surface area contributed by atoms with E-state index in [0.29, 0.717) is 6.54 Å². The van der Waals surface area contributed by atoms with Crippen molar-refractivity contribution in [2.45, 2.75) is 20.3 Å². The lowest BCUT2D eigenvalue weighted by atomic mass is 10.1. The first-order chi connectivity index (χ1) is 12.6. The van der Waals surface area contributed by atoms with Crippen LogP contribution >= 0.6 is 11.6 Å². The number of amides is 1. The number of benzene rings is 2. The predicted octanol–water partition coefficient (Wildman–Crippen LogP) is 2.55. The van der Waals surface area contributed by atoms with Crippen LogP contribution in [0, 0.1) is 6.92 Å². The lowest BCUT2D eigenvalue weighted by Gasteiger charge is -2.33. The third-order valence-corrected chi connectivity index (χ3v) is 5.40. The first-order valence-electron chi connectivity index (χ1n) is 9.30. The highest BCUT2D eigenvalue weighted by atomic mass is 35.5. The number of piperazine rings is 1. The summed E-state index contributed by atoms with van der Waals surface area (Å²) in [4.78, 5) is 16.2. The molecule has 2 N–H and O–H groups in total. The Kier molecular flexibility index (Phi) is 6.17. The number of hydrogen-bond donors (Lipinski definition) is 2. The topological polar surface area (TPSA) is 36.8 Å². The van der Waals surface area contributed by atoms with Gasteiger partial charge in [0.05, 0.1) is 36.9 Å². The van der Waals surface area contributed by atoms with Crippen LogP contribution in [0.25, 0.3) is 0 Å². The number of aryl methyl sites for hydroxylation is 2. The molecule has 0 spiro atoms. The zero-order valence-electron chi connectivity index (χ0n) is 15.5. The van der Waals surface area contributed by atoms with Gasteiger partial charge in [-0.15, -0.1) is 0 Å². The number of para-hydroxylation sites is 2. The first-order valence-corrected chi connectivity index (χ1v) is 9.67. The number of quaternary nitrogens is 1. The van der Waals surface area contributed by atoms with Crippen LogP contribution in [0.1, 0.15) is 18.1 Å². The SMILES string of the molecule is CCc1cccc(C)c1NC(=O)C[NH+]1CCN(c2ccccc2Cl)CC1. The van der Waals surface area contributed by atoms with Crippen molar-refractivity contribution in [1.29, 1.82) is 0 Å². The van der Waals surface area contributed by atoms with Crippen LogP contribution in [0.3, 0.4) is 0 Å². The van der Waals surface area contributed by atoms with E-state index in [1.54, 1.807) is 0 Å². The van der Waals surface area contributed by atoms with E-state index in [4.69, 9.17) is 11.6 Å². The van der Waals surface area contributed by atoms with Gasteiger partial charge >= 0.3 is 0 Å². The molecule has 1 saturated heterocycles. The molecule has 1 aliphatic heterocycles. The van der Waals surface area contributed by atoms with Crippen LogP contribution in [-0.2, 0) is 11.2 Å². The van der Waals surface area contributed by atoms with Crippen molar-refractivity contribution in [1.82, 2.24) is 0 Å². The minimum absolute atomic E-state index is 0.0928. The highest BCUT2D eigenvalue weighted by Crippen LogP contribution is 2.25. The summed E-state index contributed by atoms with van der Waals surface area (Å²) in [5, 5.41) is 3.93. The van der Waals surface area contributed by atoms with Gasteiger partial charge in [0.25, 0.3) is 5.91 Å². The normalized spacial score (nSPS) is 15.1. The lowest BCUT2D eigenvalue weighted by molar-refractivity contribution is -0.892. The van der Waals surface area contributed by atoms with E-state index >= 15 is 0 Å². The second-order valence-corrected chi connectivity index (χ2v) is 7.28. The molecule has 0 aromatic heterocycles. The summed E-state index contributed by atoms with van der Waals surface area (Å²) in [6, 6.07) is 14.1. The van der Waals surface area contributed by atoms with E-state index in [9.17, 15) is 4.79 Å². The molecule has 5 heteroatoms. The summed E-state index contributed by atoms with van der Waals surface area (Å²) in [7, 11) is 0. The molecule has 1 amide bonds. The molecule has 0 unspecified atom stereocenters. The van der Waals surface area contributed by atoms with Gasteiger partial charge in [-0.3, -0.25) is 4.79 Å². The fourth-order valence-electron chi connectivity index (χ4n) is 3.56. The van der Waals surface area contributed by atoms with Crippen molar-refractivity contribution in [2.75, 3.05) is 42.9 Å². The first kappa shape index (κ1) is 18.7. The third kappa shape index (κ3) is 4.37. The van der Waals surface area contributed by atoms with E-state index in [0.717, 1.165) is 54.6 Å². The number of carbonyl (C=O) groups excluding carboxylic acids is 1. The molecular weight excluding hydrogens is 346 g/mol. The summed E-state index contributed by atoms with van der Waals surface area (Å²) in [5.74, 6) is 0.0928. The summed E-state index contributed by atoms with van der Waals surface area (Å²) < 4.78 is 0. The predicted molar refractivity (Wildman–Crippen MR) is 108 cm³/mol. The zero-order chi connectivity index (χ0) is 18.5. The Morgan fingerprint density at radius 1 is 1.15 bits per heavy atom. The summed E-state index contributed by atoms with van der Waals surface area (Å²) >= 11 is 6.30. The molecule has 1 fully saturated rings. The Morgan fingerprint density at radius 3 is 2.58 bits per heavy atom. The number of halogens is 1. The maximum atomic E-state index is 12.5. The Balaban J connectivity index is 1.55. The summed E-state index contributed by atoms with van der Waals surface area (Å²) in [6.07, 6.45) is 0.917. The Morgan fingerprint density at radius 2 is 1.88 bits per heavy atom. The molecule has 1 heterocycles. The van der Waals surface area contributed by atoms with E-state index in [-0.39, 0.29) is 5.91 Å². The highest BCUT2D eigenvalue weighted by Gasteiger charge is 2.23. The van der Waals surface area contributed by atoms with Crippen molar-refractivity contribution in [3.05, 3.63) is 58.6 Å². The van der Waals surface area contributed by atoms with Crippen molar-refractivity contribution in [3.63, 3.8) is 0 Å². The minimum atomic E-state index is 0.0928. The Hall–Kier alpha value is -2.04. The van der Waals surface area contributed by atoms with E-state index in [1.165, 1.54) is 10.5 Å². The average molecular weight is 373 g/mol. The molecule has 1 aliphatic rings. The smallest absolute Gasteiger partial charge is 0.279 e. The van der Waals surface area contributed by atoms with Gasteiger partial charge in [0.1, 0.15) is 0 Å². The molecule has 0 saturated carbocycles. The van der Waals surface area contributed by atoms with Gasteiger partial charge in [-0.2, -0.15) is 0 Å². The quantitative estimate of drug-likeness (QED) is 0.846. The van der Waals surface area contributed by atoms with Gasteiger partial charge in [-0.1, -0.05) is 48.9 Å². The zero-order valence-corrected chi connectivity index (χ0v) is 16.3. The summed E-state index contributed by atoms with van der Waals surface area (Å²) in [5.41, 5.74) is 4.38. The third-order valence-electron chi connectivity index (χ3n) is 5.08. The minimum Gasteiger partial charge on any atom is -0.359 e. The van der Waals surface area contributed by atoms with Crippen molar-refractivity contribution >= 4 is 28.9 Å². The molecule has 2 aromatic rings. The van der Waals surface area contributed by atoms with Crippen LogP contribution in [0.5, 0.6) is 0 Å². The molecule has 26 heavy (non-hydrogen) atoms. The Labute approximate surface area is 160 Å². The number of nitrogens with zero attached hydrogens (tertiary/aromatic N) is 1. The van der Waals surface area contributed by atoms with Crippen LogP contribution in [-0.4, -0.2) is 38.6 Å². The molecule has 0 radical (unpaired) electrons. The number of anilines is 2. The number of carbonyl (C=O) groups is 1. The van der Waals surface area contributed by atoms with Gasteiger partial charge in [-0.05, 0) is 36.6 Å². The summed E-state index contributed by atoms with van der Waals surface area (Å²) in [6.45, 7) is 8.37. The molecule has 0 atom stereocenters. The van der Waals surface area contributed by atoms with Crippen molar-refractivity contribution < 1.29 is 9.69 Å². The average Bonchev–Trinajstić information content (AvgIpc) is 2.64. The Bertz CT molecular complexity index is 770. The van der Waals surface area contributed by atoms with Crippen molar-refractivity contribution in [2.24, 2.45) is 0 Å². The van der Waals surface area contributed by atoms with Gasteiger partial charge in [0.15, 0.2) is 6.54 Å². The standard InChI is InChI=1S/C21H26ClN3O/c1-3-17-8-6-7-16(2)21(17)23-20(26)15-24-11-13-25(14-12-24)19-10-5-4-9-18(19)22/h4-10H,3,11-15H2,1-2H3,(H,23,26)/p+1. The van der Waals surface area contributed by atoms with Crippen LogP contribution < -0.4 is 15.1 Å².